The Hall–Kier alpha value is -0.600. The second-order valence-corrected chi connectivity index (χ2v) is 10.8. The van der Waals surface area contributed by atoms with Crippen molar-refractivity contribution < 1.29 is 10.2 Å². The van der Waals surface area contributed by atoms with Crippen molar-refractivity contribution in [2.24, 2.45) is 23.2 Å². The topological polar surface area (TPSA) is 40.5 Å². The van der Waals surface area contributed by atoms with Crippen molar-refractivity contribution in [2.45, 2.75) is 124 Å². The minimum atomic E-state index is -0.392. The number of hydrogen-bond donors (Lipinski definition) is 2. The first kappa shape index (κ1) is 24.7. The molecule has 0 spiro atoms. The molecule has 2 rings (SSSR count). The molecule has 1 unspecified atom stereocenters. The third-order valence-corrected chi connectivity index (χ3v) is 8.01. The zero-order chi connectivity index (χ0) is 21.4. The molecule has 2 aliphatic carbocycles. The highest BCUT2D eigenvalue weighted by Crippen LogP contribution is 2.43. The van der Waals surface area contributed by atoms with E-state index >= 15 is 0 Å². The van der Waals surface area contributed by atoms with Crippen molar-refractivity contribution >= 4 is 0 Å². The van der Waals surface area contributed by atoms with Gasteiger partial charge in [0.15, 0.2) is 0 Å². The summed E-state index contributed by atoms with van der Waals surface area (Å²) < 4.78 is 0. The molecule has 4 atom stereocenters. The first-order valence-electron chi connectivity index (χ1n) is 12.5. The van der Waals surface area contributed by atoms with Gasteiger partial charge in [-0.3, -0.25) is 0 Å². The molecule has 168 valence electrons. The summed E-state index contributed by atoms with van der Waals surface area (Å²) in [6, 6.07) is 0. The van der Waals surface area contributed by atoms with Crippen molar-refractivity contribution in [3.8, 4) is 0 Å². The van der Waals surface area contributed by atoms with E-state index in [9.17, 15) is 10.2 Å². The highest BCUT2D eigenvalue weighted by Gasteiger charge is 2.33. The first-order chi connectivity index (χ1) is 13.7. The molecule has 0 aliphatic heterocycles. The average molecular weight is 405 g/mol. The number of unbranched alkanes of at least 4 members (excludes halogenated alkanes) is 1. The Balaban J connectivity index is 1.93. The molecule has 2 N–H and O–H groups in total. The number of hydrogen-bond acceptors (Lipinski definition) is 2. The molecule has 0 aromatic rings. The summed E-state index contributed by atoms with van der Waals surface area (Å²) in [7, 11) is 0. The monoisotopic (exact) mass is 404 g/mol. The minimum absolute atomic E-state index is 0.00382. The Morgan fingerprint density at radius 2 is 1.66 bits per heavy atom. The molecule has 0 bridgehead atoms. The molecule has 2 saturated carbocycles. The van der Waals surface area contributed by atoms with Gasteiger partial charge in [0, 0.05) is 5.92 Å². The average Bonchev–Trinajstić information content (AvgIpc) is 2.73. The molecule has 0 aromatic heterocycles. The van der Waals surface area contributed by atoms with Crippen LogP contribution >= 0.6 is 0 Å². The molecule has 29 heavy (non-hydrogen) atoms. The quantitative estimate of drug-likeness (QED) is 0.459. The smallest absolute Gasteiger partial charge is 0.0627 e. The van der Waals surface area contributed by atoms with E-state index in [0.29, 0.717) is 5.41 Å². The van der Waals surface area contributed by atoms with E-state index in [1.165, 1.54) is 63.4 Å². The summed E-state index contributed by atoms with van der Waals surface area (Å²) in [5.74, 6) is 1.69. The lowest BCUT2D eigenvalue weighted by Gasteiger charge is -2.38. The molecular weight excluding hydrogens is 356 g/mol. The van der Waals surface area contributed by atoms with Gasteiger partial charge in [-0.25, -0.2) is 0 Å². The number of allylic oxidation sites excluding steroid dienone is 3. The summed E-state index contributed by atoms with van der Waals surface area (Å²) in [6.07, 6.45) is 18.2. The third kappa shape index (κ3) is 7.55. The van der Waals surface area contributed by atoms with Gasteiger partial charge in [-0.1, -0.05) is 77.2 Å². The van der Waals surface area contributed by atoms with E-state index in [0.717, 1.165) is 31.1 Å². The van der Waals surface area contributed by atoms with E-state index in [1.54, 1.807) is 5.57 Å². The molecule has 2 fully saturated rings. The van der Waals surface area contributed by atoms with Gasteiger partial charge in [0.05, 0.1) is 12.2 Å². The molecule has 2 aliphatic rings. The Labute approximate surface area is 180 Å². The predicted octanol–water partition coefficient (Wildman–Crippen LogP) is 7.20. The summed E-state index contributed by atoms with van der Waals surface area (Å²) in [5.41, 5.74) is 3.31. The zero-order valence-corrected chi connectivity index (χ0v) is 19.9. The predicted molar refractivity (Wildman–Crippen MR) is 125 cm³/mol. The van der Waals surface area contributed by atoms with Crippen LogP contribution in [0.2, 0.25) is 0 Å². The Morgan fingerprint density at radius 3 is 2.31 bits per heavy atom. The van der Waals surface area contributed by atoms with E-state index in [2.05, 4.69) is 39.8 Å². The van der Waals surface area contributed by atoms with Gasteiger partial charge in [-0.2, -0.15) is 0 Å². The van der Waals surface area contributed by atoms with Crippen molar-refractivity contribution in [3.63, 3.8) is 0 Å². The molecular formula is C27H48O2. The fourth-order valence-corrected chi connectivity index (χ4v) is 5.82. The Kier molecular flexibility index (Phi) is 9.95. The van der Waals surface area contributed by atoms with E-state index < -0.39 is 12.2 Å². The van der Waals surface area contributed by atoms with Crippen LogP contribution < -0.4 is 0 Å². The van der Waals surface area contributed by atoms with Crippen LogP contribution in [0, 0.1) is 23.2 Å². The van der Waals surface area contributed by atoms with Gasteiger partial charge < -0.3 is 10.2 Å². The van der Waals surface area contributed by atoms with Crippen LogP contribution in [-0.2, 0) is 0 Å². The molecule has 0 aromatic carbocycles. The molecule has 0 heterocycles. The summed E-state index contributed by atoms with van der Waals surface area (Å²) in [6.45, 7) is 11.8. The first-order valence-corrected chi connectivity index (χ1v) is 12.5. The van der Waals surface area contributed by atoms with E-state index in [4.69, 9.17) is 0 Å². The van der Waals surface area contributed by atoms with Crippen LogP contribution in [0.15, 0.2) is 23.3 Å². The molecule has 0 saturated heterocycles. The molecule has 2 heteroatoms. The van der Waals surface area contributed by atoms with Crippen molar-refractivity contribution in [2.75, 3.05) is 0 Å². The largest absolute Gasteiger partial charge is 0.392 e. The maximum absolute atomic E-state index is 10.1. The lowest BCUT2D eigenvalue weighted by molar-refractivity contribution is 0.00396. The highest BCUT2D eigenvalue weighted by molar-refractivity contribution is 5.14. The fourth-order valence-electron chi connectivity index (χ4n) is 5.82. The van der Waals surface area contributed by atoms with Crippen molar-refractivity contribution in [3.05, 3.63) is 23.3 Å². The Morgan fingerprint density at radius 1 is 1.03 bits per heavy atom. The maximum atomic E-state index is 10.1. The third-order valence-electron chi connectivity index (χ3n) is 8.01. The number of rotatable bonds is 6. The number of aliphatic hydroxyl groups excluding tert-OH is 2. The van der Waals surface area contributed by atoms with E-state index in [1.807, 2.05) is 6.92 Å². The summed E-state index contributed by atoms with van der Waals surface area (Å²) >= 11 is 0. The normalized spacial score (nSPS) is 33.6. The second kappa shape index (κ2) is 11.7. The minimum Gasteiger partial charge on any atom is -0.392 e. The van der Waals surface area contributed by atoms with Gasteiger partial charge in [-0.05, 0) is 75.0 Å². The van der Waals surface area contributed by atoms with Gasteiger partial charge in [0.1, 0.15) is 0 Å². The van der Waals surface area contributed by atoms with Crippen LogP contribution in [0.25, 0.3) is 0 Å². The van der Waals surface area contributed by atoms with E-state index in [-0.39, 0.29) is 5.92 Å². The van der Waals surface area contributed by atoms with Crippen LogP contribution in [0.5, 0.6) is 0 Å². The van der Waals surface area contributed by atoms with Gasteiger partial charge in [0.25, 0.3) is 0 Å². The van der Waals surface area contributed by atoms with Crippen LogP contribution in [0.4, 0.5) is 0 Å². The SMILES string of the molecule is CCCC[C@H](C)C1CCC/C(=C/CC=C2C[C@@H](O)C(C)[C@H](O)C2)CCCC1(C)C. The number of aliphatic hydroxyl groups is 2. The molecule has 2 nitrogen and oxygen atoms in total. The van der Waals surface area contributed by atoms with Gasteiger partial charge in [0.2, 0.25) is 0 Å². The second-order valence-electron chi connectivity index (χ2n) is 10.8. The van der Waals surface area contributed by atoms with Crippen molar-refractivity contribution in [1.82, 2.24) is 0 Å². The van der Waals surface area contributed by atoms with Gasteiger partial charge in [-0.15, -0.1) is 0 Å². The standard InChI is InChI=1S/C27H48O2/c1-6-7-11-20(2)24-16-9-13-22(15-10-17-27(24,4)5)12-8-14-23-18-25(28)21(3)26(29)19-23/h12,14,20-21,24-26,28-29H,6-11,13,15-19H2,1-5H3/b22-12-,23-14?/t20-,21?,24?,25+,26+/m0/s1. The molecule has 0 radical (unpaired) electrons. The lowest BCUT2D eigenvalue weighted by atomic mass is 9.67. The highest BCUT2D eigenvalue weighted by atomic mass is 16.3. The van der Waals surface area contributed by atoms with Crippen LogP contribution in [0.3, 0.4) is 0 Å². The Bertz CT molecular complexity index is 531. The fraction of sp³-hybridized carbons (Fsp3) is 0.852. The lowest BCUT2D eigenvalue weighted by Crippen LogP contribution is -2.34. The van der Waals surface area contributed by atoms with Gasteiger partial charge >= 0.3 is 0 Å². The summed E-state index contributed by atoms with van der Waals surface area (Å²) in [4.78, 5) is 0. The van der Waals surface area contributed by atoms with Crippen LogP contribution in [0.1, 0.15) is 112 Å². The summed E-state index contributed by atoms with van der Waals surface area (Å²) in [5, 5.41) is 20.2. The van der Waals surface area contributed by atoms with Crippen molar-refractivity contribution in [1.29, 1.82) is 0 Å². The maximum Gasteiger partial charge on any atom is 0.0627 e. The molecule has 0 amide bonds. The zero-order valence-electron chi connectivity index (χ0n) is 19.9. The van der Waals surface area contributed by atoms with Crippen LogP contribution in [-0.4, -0.2) is 22.4 Å².